The fraction of sp³-hybridized carbons (Fsp3) is 0.185. The van der Waals surface area contributed by atoms with Gasteiger partial charge in [0.15, 0.2) is 11.0 Å². The second-order valence-corrected chi connectivity index (χ2v) is 9.51. The SMILES string of the molecule is CC(C)OC(=O)c1ccc(Cl)c(NC(=O)CSc2nnc(COc3ccccc3)n2-c2ccccc2)c1. The second kappa shape index (κ2) is 12.4. The molecule has 0 spiro atoms. The standard InChI is InChI=1S/C27H25ClN4O4S/c1-18(2)36-26(34)19-13-14-22(28)23(15-19)29-25(33)17-37-27-31-30-24(16-35-21-11-7-4-8-12-21)32(27)20-9-5-3-6-10-20/h3-15,18H,16-17H2,1-2H3,(H,29,33). The van der Waals surface area contributed by atoms with E-state index in [-0.39, 0.29) is 24.4 Å². The van der Waals surface area contributed by atoms with Crippen LogP contribution < -0.4 is 10.1 Å². The smallest absolute Gasteiger partial charge is 0.338 e. The maximum absolute atomic E-state index is 12.8. The van der Waals surface area contributed by atoms with Crippen LogP contribution in [0.4, 0.5) is 5.69 Å². The molecular formula is C27H25ClN4O4S. The van der Waals surface area contributed by atoms with E-state index >= 15 is 0 Å². The second-order valence-electron chi connectivity index (χ2n) is 8.16. The third-order valence-electron chi connectivity index (χ3n) is 4.98. The number of para-hydroxylation sites is 2. The predicted molar refractivity (Wildman–Crippen MR) is 143 cm³/mol. The molecule has 0 fully saturated rings. The van der Waals surface area contributed by atoms with Crippen LogP contribution in [0.1, 0.15) is 30.0 Å². The van der Waals surface area contributed by atoms with Crippen molar-refractivity contribution in [1.29, 1.82) is 0 Å². The third-order valence-corrected chi connectivity index (χ3v) is 6.24. The van der Waals surface area contributed by atoms with Crippen LogP contribution in [0.15, 0.2) is 84.0 Å². The average molecular weight is 537 g/mol. The van der Waals surface area contributed by atoms with Crippen molar-refractivity contribution in [2.75, 3.05) is 11.1 Å². The molecule has 1 aromatic heterocycles. The molecule has 0 aliphatic heterocycles. The lowest BCUT2D eigenvalue weighted by atomic mass is 10.2. The summed E-state index contributed by atoms with van der Waals surface area (Å²) in [5.41, 5.74) is 1.47. The van der Waals surface area contributed by atoms with Crippen molar-refractivity contribution >= 4 is 40.9 Å². The van der Waals surface area contributed by atoms with Crippen LogP contribution in [0.25, 0.3) is 5.69 Å². The van der Waals surface area contributed by atoms with Crippen LogP contribution in [0.5, 0.6) is 5.75 Å². The Balaban J connectivity index is 1.47. The number of benzene rings is 3. The van der Waals surface area contributed by atoms with Crippen molar-refractivity contribution in [2.24, 2.45) is 0 Å². The van der Waals surface area contributed by atoms with Crippen LogP contribution in [-0.4, -0.2) is 38.5 Å². The van der Waals surface area contributed by atoms with E-state index in [1.54, 1.807) is 26.0 Å². The molecule has 37 heavy (non-hydrogen) atoms. The van der Waals surface area contributed by atoms with Gasteiger partial charge in [0.05, 0.1) is 28.1 Å². The van der Waals surface area contributed by atoms with Gasteiger partial charge in [-0.25, -0.2) is 4.79 Å². The van der Waals surface area contributed by atoms with E-state index in [4.69, 9.17) is 21.1 Å². The molecule has 0 saturated carbocycles. The Kier molecular flexibility index (Phi) is 8.81. The summed E-state index contributed by atoms with van der Waals surface area (Å²) in [6.07, 6.45) is -0.262. The number of ether oxygens (including phenoxy) is 2. The van der Waals surface area contributed by atoms with Crippen molar-refractivity contribution in [2.45, 2.75) is 31.7 Å². The molecule has 1 heterocycles. The monoisotopic (exact) mass is 536 g/mol. The van der Waals surface area contributed by atoms with E-state index < -0.39 is 5.97 Å². The number of thioether (sulfide) groups is 1. The van der Waals surface area contributed by atoms with Crippen LogP contribution in [0.3, 0.4) is 0 Å². The quantitative estimate of drug-likeness (QED) is 0.202. The highest BCUT2D eigenvalue weighted by atomic mass is 35.5. The third kappa shape index (κ3) is 7.12. The highest BCUT2D eigenvalue weighted by Gasteiger charge is 2.18. The summed E-state index contributed by atoms with van der Waals surface area (Å²) in [6.45, 7) is 3.73. The highest BCUT2D eigenvalue weighted by molar-refractivity contribution is 7.99. The zero-order valence-corrected chi connectivity index (χ0v) is 21.8. The van der Waals surface area contributed by atoms with Crippen molar-refractivity contribution < 1.29 is 19.1 Å². The normalized spacial score (nSPS) is 10.8. The van der Waals surface area contributed by atoms with E-state index in [1.165, 1.54) is 17.8 Å². The fourth-order valence-corrected chi connectivity index (χ4v) is 4.27. The number of nitrogens with zero attached hydrogens (tertiary/aromatic N) is 3. The van der Waals surface area contributed by atoms with Gasteiger partial charge in [-0.2, -0.15) is 0 Å². The van der Waals surface area contributed by atoms with E-state index in [2.05, 4.69) is 15.5 Å². The van der Waals surface area contributed by atoms with Gasteiger partial charge in [-0.1, -0.05) is 59.8 Å². The zero-order chi connectivity index (χ0) is 26.2. The first-order valence-corrected chi connectivity index (χ1v) is 12.9. The molecule has 4 aromatic rings. The van der Waals surface area contributed by atoms with Gasteiger partial charge in [-0.15, -0.1) is 10.2 Å². The van der Waals surface area contributed by atoms with E-state index in [9.17, 15) is 9.59 Å². The van der Waals surface area contributed by atoms with Gasteiger partial charge < -0.3 is 14.8 Å². The largest absolute Gasteiger partial charge is 0.486 e. The molecule has 0 saturated heterocycles. The molecule has 4 rings (SSSR count). The van der Waals surface area contributed by atoms with Crippen molar-refractivity contribution in [3.05, 3.63) is 95.3 Å². The number of rotatable bonds is 10. The maximum Gasteiger partial charge on any atom is 0.338 e. The molecule has 1 N–H and O–H groups in total. The highest BCUT2D eigenvalue weighted by Crippen LogP contribution is 2.26. The van der Waals surface area contributed by atoms with Crippen LogP contribution >= 0.6 is 23.4 Å². The van der Waals surface area contributed by atoms with Crippen molar-refractivity contribution in [3.63, 3.8) is 0 Å². The van der Waals surface area contributed by atoms with Crippen molar-refractivity contribution in [1.82, 2.24) is 14.8 Å². The molecule has 0 radical (unpaired) electrons. The van der Waals surface area contributed by atoms with Gasteiger partial charge >= 0.3 is 5.97 Å². The Bertz CT molecular complexity index is 1360. The lowest BCUT2D eigenvalue weighted by molar-refractivity contribution is -0.113. The van der Waals surface area contributed by atoms with Crippen LogP contribution in [0, 0.1) is 0 Å². The summed E-state index contributed by atoms with van der Waals surface area (Å²) >= 11 is 7.47. The topological polar surface area (TPSA) is 95.3 Å². The van der Waals surface area contributed by atoms with Gasteiger partial charge in [0.1, 0.15) is 12.4 Å². The maximum atomic E-state index is 12.8. The number of nitrogens with one attached hydrogen (secondary N) is 1. The Morgan fingerprint density at radius 1 is 1.00 bits per heavy atom. The summed E-state index contributed by atoms with van der Waals surface area (Å²) in [5.74, 6) is 0.554. The number of carbonyl (C=O) groups excluding carboxylic acids is 2. The molecular weight excluding hydrogens is 512 g/mol. The summed E-state index contributed by atoms with van der Waals surface area (Å²) in [4.78, 5) is 25.0. The Labute approximate surface area is 224 Å². The minimum absolute atomic E-state index is 0.0432. The van der Waals surface area contributed by atoms with Gasteiger partial charge in [-0.3, -0.25) is 9.36 Å². The summed E-state index contributed by atoms with van der Waals surface area (Å²) in [7, 11) is 0. The number of aromatic nitrogens is 3. The van der Waals surface area contributed by atoms with E-state index in [1.807, 2.05) is 65.2 Å². The van der Waals surface area contributed by atoms with Crippen LogP contribution in [0.2, 0.25) is 5.02 Å². The molecule has 0 aliphatic carbocycles. The lowest BCUT2D eigenvalue weighted by Crippen LogP contribution is -2.16. The van der Waals surface area contributed by atoms with Crippen molar-refractivity contribution in [3.8, 4) is 11.4 Å². The number of esters is 1. The number of amides is 1. The number of hydrogen-bond acceptors (Lipinski definition) is 7. The van der Waals surface area contributed by atoms with Gasteiger partial charge in [0.2, 0.25) is 5.91 Å². The zero-order valence-electron chi connectivity index (χ0n) is 20.3. The molecule has 0 bridgehead atoms. The first-order chi connectivity index (χ1) is 17.9. The van der Waals surface area contributed by atoms with E-state index in [0.717, 1.165) is 11.4 Å². The number of hydrogen-bond donors (Lipinski definition) is 1. The van der Waals surface area contributed by atoms with Crippen LogP contribution in [-0.2, 0) is 16.1 Å². The molecule has 0 aliphatic rings. The number of carbonyl (C=O) groups is 2. The van der Waals surface area contributed by atoms with E-state index in [0.29, 0.717) is 27.3 Å². The van der Waals surface area contributed by atoms with Gasteiger partial charge in [0, 0.05) is 5.69 Å². The fourth-order valence-electron chi connectivity index (χ4n) is 3.33. The summed E-state index contributed by atoms with van der Waals surface area (Å²) in [5, 5.41) is 12.2. The molecule has 0 atom stereocenters. The minimum atomic E-state index is -0.488. The summed E-state index contributed by atoms with van der Waals surface area (Å²) < 4.78 is 13.0. The minimum Gasteiger partial charge on any atom is -0.486 e. The molecule has 1 amide bonds. The average Bonchev–Trinajstić information content (AvgIpc) is 3.31. The molecule has 0 unspecified atom stereocenters. The molecule has 8 nitrogen and oxygen atoms in total. The Hall–Kier alpha value is -3.82. The first-order valence-electron chi connectivity index (χ1n) is 11.5. The Morgan fingerprint density at radius 2 is 1.70 bits per heavy atom. The first kappa shape index (κ1) is 26.2. The molecule has 10 heteroatoms. The number of anilines is 1. The van der Waals surface area contributed by atoms with Gasteiger partial charge in [-0.05, 0) is 56.3 Å². The summed E-state index contributed by atoms with van der Waals surface area (Å²) in [6, 6.07) is 23.7. The van der Waals surface area contributed by atoms with Gasteiger partial charge in [0.25, 0.3) is 0 Å². The Morgan fingerprint density at radius 3 is 2.41 bits per heavy atom. The predicted octanol–water partition coefficient (Wildman–Crippen LogP) is 5.80. The molecule has 3 aromatic carbocycles. The molecule has 190 valence electrons. The number of halogens is 1. The lowest BCUT2D eigenvalue weighted by Gasteiger charge is -2.12.